The van der Waals surface area contributed by atoms with Crippen LogP contribution >= 0.6 is 0 Å². The average Bonchev–Trinajstić information content (AvgIpc) is 2.24. The van der Waals surface area contributed by atoms with Gasteiger partial charge in [-0.15, -0.1) is 0 Å². The normalized spacial score (nSPS) is 12.0. The van der Waals surface area contributed by atoms with Crippen molar-refractivity contribution in [3.8, 4) is 0 Å². The Kier molecular flexibility index (Phi) is 8.20. The van der Waals surface area contributed by atoms with Crippen molar-refractivity contribution in [1.29, 1.82) is 0 Å². The number of aliphatic hydroxyl groups is 1. The molecule has 0 radical (unpaired) electrons. The number of ether oxygens (including phenoxy) is 1. The molecule has 0 aromatic rings. The van der Waals surface area contributed by atoms with Gasteiger partial charge >= 0.3 is 0 Å². The van der Waals surface area contributed by atoms with Crippen LogP contribution in [0.2, 0.25) is 0 Å². The summed E-state index contributed by atoms with van der Waals surface area (Å²) in [6, 6.07) is 0. The minimum atomic E-state index is 0.0257. The molecule has 2 nitrogen and oxygen atoms in total. The number of unbranched alkanes of at least 4 members (excludes halogenated alkanes) is 2. The van der Waals surface area contributed by atoms with Crippen LogP contribution in [0, 0.1) is 0 Å². The molecule has 2 heteroatoms. The van der Waals surface area contributed by atoms with E-state index in [0.29, 0.717) is 6.61 Å². The van der Waals surface area contributed by atoms with Gasteiger partial charge in [-0.25, -0.2) is 0 Å². The Labute approximate surface area is 88.7 Å². The molecular weight excluding hydrogens is 176 g/mol. The molecule has 14 heavy (non-hydrogen) atoms. The van der Waals surface area contributed by atoms with E-state index in [1.54, 1.807) is 0 Å². The maximum atomic E-state index is 8.77. The monoisotopic (exact) mass is 202 g/mol. The second kappa shape index (κ2) is 8.25. The second-order valence-electron chi connectivity index (χ2n) is 3.92. The summed E-state index contributed by atoms with van der Waals surface area (Å²) >= 11 is 0. The van der Waals surface area contributed by atoms with E-state index >= 15 is 0 Å². The van der Waals surface area contributed by atoms with Gasteiger partial charge in [-0.3, -0.25) is 0 Å². The van der Waals surface area contributed by atoms with E-state index in [-0.39, 0.29) is 12.2 Å². The lowest BCUT2D eigenvalue weighted by Crippen LogP contribution is -2.32. The maximum absolute atomic E-state index is 8.77. The molecule has 0 spiro atoms. The van der Waals surface area contributed by atoms with Crippen molar-refractivity contribution in [3.63, 3.8) is 0 Å². The molecule has 0 saturated carbocycles. The molecule has 0 aliphatic heterocycles. The van der Waals surface area contributed by atoms with Crippen LogP contribution in [0.1, 0.15) is 59.3 Å². The highest BCUT2D eigenvalue weighted by Gasteiger charge is 2.25. The summed E-state index contributed by atoms with van der Waals surface area (Å²) in [5, 5.41) is 8.77. The quantitative estimate of drug-likeness (QED) is 0.582. The van der Waals surface area contributed by atoms with Gasteiger partial charge in [-0.05, 0) is 19.3 Å². The zero-order valence-electron chi connectivity index (χ0n) is 10.0. The summed E-state index contributed by atoms with van der Waals surface area (Å²) < 4.78 is 5.77. The molecule has 0 rings (SSSR count). The Hall–Kier alpha value is -0.0800. The first-order valence-electron chi connectivity index (χ1n) is 5.99. The van der Waals surface area contributed by atoms with E-state index in [1.807, 2.05) is 0 Å². The Morgan fingerprint density at radius 2 is 1.71 bits per heavy atom. The zero-order chi connectivity index (χ0) is 10.9. The summed E-state index contributed by atoms with van der Waals surface area (Å²) in [5.74, 6) is 0. The average molecular weight is 202 g/mol. The van der Waals surface area contributed by atoms with Crippen LogP contribution < -0.4 is 0 Å². The van der Waals surface area contributed by atoms with Gasteiger partial charge in [0.25, 0.3) is 0 Å². The van der Waals surface area contributed by atoms with E-state index in [2.05, 4.69) is 20.8 Å². The van der Waals surface area contributed by atoms with Crippen LogP contribution in [-0.4, -0.2) is 23.9 Å². The molecule has 0 aromatic carbocycles. The third-order valence-electron chi connectivity index (χ3n) is 3.02. The van der Waals surface area contributed by atoms with Crippen LogP contribution in [-0.2, 0) is 4.74 Å². The summed E-state index contributed by atoms with van der Waals surface area (Å²) in [4.78, 5) is 0. The third-order valence-corrected chi connectivity index (χ3v) is 3.02. The first-order valence-corrected chi connectivity index (χ1v) is 5.99. The largest absolute Gasteiger partial charge is 0.394 e. The highest BCUT2D eigenvalue weighted by Crippen LogP contribution is 2.27. The van der Waals surface area contributed by atoms with Gasteiger partial charge < -0.3 is 9.84 Å². The van der Waals surface area contributed by atoms with Gasteiger partial charge in [0, 0.05) is 0 Å². The number of hydrogen-bond acceptors (Lipinski definition) is 2. The second-order valence-corrected chi connectivity index (χ2v) is 3.92. The van der Waals surface area contributed by atoms with Crippen LogP contribution in [0.15, 0.2) is 0 Å². The van der Waals surface area contributed by atoms with Crippen molar-refractivity contribution in [2.45, 2.75) is 64.9 Å². The smallest absolute Gasteiger partial charge is 0.0705 e. The fraction of sp³-hybridized carbons (Fsp3) is 1.00. The highest BCUT2D eigenvalue weighted by atomic mass is 16.5. The minimum absolute atomic E-state index is 0.0257. The molecule has 0 amide bonds. The zero-order valence-corrected chi connectivity index (χ0v) is 10.0. The molecule has 86 valence electrons. The van der Waals surface area contributed by atoms with Gasteiger partial charge in [0.15, 0.2) is 0 Å². The lowest BCUT2D eigenvalue weighted by molar-refractivity contribution is -0.0699. The molecule has 0 fully saturated rings. The minimum Gasteiger partial charge on any atom is -0.394 e. The molecule has 0 atom stereocenters. The van der Waals surface area contributed by atoms with Crippen molar-refractivity contribution in [2.75, 3.05) is 13.2 Å². The Balaban J connectivity index is 3.94. The topological polar surface area (TPSA) is 29.5 Å². The Morgan fingerprint density at radius 3 is 2.14 bits per heavy atom. The standard InChI is InChI=1S/C12H26O2/c1-4-7-8-9-12(5-2,6-3)14-11-10-13/h13H,4-11H2,1-3H3. The van der Waals surface area contributed by atoms with Gasteiger partial charge in [-0.2, -0.15) is 0 Å². The van der Waals surface area contributed by atoms with E-state index in [0.717, 1.165) is 19.3 Å². The Bertz CT molecular complexity index is 119. The molecule has 0 aromatic heterocycles. The first kappa shape index (κ1) is 13.9. The fourth-order valence-electron chi connectivity index (χ4n) is 1.84. The lowest BCUT2D eigenvalue weighted by atomic mass is 9.90. The van der Waals surface area contributed by atoms with E-state index in [4.69, 9.17) is 9.84 Å². The van der Waals surface area contributed by atoms with E-state index in [1.165, 1.54) is 19.3 Å². The fourth-order valence-corrected chi connectivity index (χ4v) is 1.84. The maximum Gasteiger partial charge on any atom is 0.0705 e. The SMILES string of the molecule is CCCCCC(CC)(CC)OCCO. The summed E-state index contributed by atoms with van der Waals surface area (Å²) in [5.41, 5.74) is 0.0257. The van der Waals surface area contributed by atoms with Crippen LogP contribution in [0.25, 0.3) is 0 Å². The van der Waals surface area contributed by atoms with Crippen molar-refractivity contribution < 1.29 is 9.84 Å². The predicted octanol–water partition coefficient (Wildman–Crippen LogP) is 3.13. The van der Waals surface area contributed by atoms with Gasteiger partial charge in [0.1, 0.15) is 0 Å². The summed E-state index contributed by atoms with van der Waals surface area (Å²) in [6.45, 7) is 7.18. The van der Waals surface area contributed by atoms with Gasteiger partial charge in [0.05, 0.1) is 18.8 Å². The van der Waals surface area contributed by atoms with Gasteiger partial charge in [-0.1, -0.05) is 40.0 Å². The number of hydrogen-bond donors (Lipinski definition) is 1. The Morgan fingerprint density at radius 1 is 1.07 bits per heavy atom. The molecule has 0 bridgehead atoms. The van der Waals surface area contributed by atoms with Crippen LogP contribution in [0.5, 0.6) is 0 Å². The summed E-state index contributed by atoms with van der Waals surface area (Å²) in [7, 11) is 0. The van der Waals surface area contributed by atoms with Crippen molar-refractivity contribution in [2.24, 2.45) is 0 Å². The number of aliphatic hydroxyl groups excluding tert-OH is 1. The molecule has 0 saturated heterocycles. The molecular formula is C12H26O2. The number of rotatable bonds is 9. The van der Waals surface area contributed by atoms with Crippen LogP contribution in [0.3, 0.4) is 0 Å². The van der Waals surface area contributed by atoms with Crippen molar-refractivity contribution in [3.05, 3.63) is 0 Å². The van der Waals surface area contributed by atoms with Crippen molar-refractivity contribution in [1.82, 2.24) is 0 Å². The molecule has 0 aliphatic rings. The van der Waals surface area contributed by atoms with E-state index in [9.17, 15) is 0 Å². The predicted molar refractivity (Wildman–Crippen MR) is 60.5 cm³/mol. The molecule has 0 heterocycles. The molecule has 0 aliphatic carbocycles. The third kappa shape index (κ3) is 4.97. The first-order chi connectivity index (χ1) is 6.74. The molecule has 0 unspecified atom stereocenters. The lowest BCUT2D eigenvalue weighted by Gasteiger charge is -2.32. The van der Waals surface area contributed by atoms with Gasteiger partial charge in [0.2, 0.25) is 0 Å². The van der Waals surface area contributed by atoms with Crippen molar-refractivity contribution >= 4 is 0 Å². The highest BCUT2D eigenvalue weighted by molar-refractivity contribution is 4.77. The van der Waals surface area contributed by atoms with E-state index < -0.39 is 0 Å². The summed E-state index contributed by atoms with van der Waals surface area (Å²) in [6.07, 6.45) is 7.01. The van der Waals surface area contributed by atoms with Crippen LogP contribution in [0.4, 0.5) is 0 Å². The molecule has 1 N–H and O–H groups in total.